The van der Waals surface area contributed by atoms with Gasteiger partial charge in [-0.1, -0.05) is 6.07 Å². The molecule has 0 aliphatic carbocycles. The van der Waals surface area contributed by atoms with Gasteiger partial charge in [-0.2, -0.15) is 9.49 Å². The lowest BCUT2D eigenvalue weighted by Crippen LogP contribution is -1.99. The van der Waals surface area contributed by atoms with Crippen LogP contribution < -0.4 is 0 Å². The third-order valence-electron chi connectivity index (χ3n) is 3.81. The summed E-state index contributed by atoms with van der Waals surface area (Å²) >= 11 is 0. The van der Waals surface area contributed by atoms with E-state index in [-0.39, 0.29) is 17.4 Å². The Hall–Kier alpha value is -2.28. The van der Waals surface area contributed by atoms with Crippen molar-refractivity contribution >= 4 is 5.65 Å². The summed E-state index contributed by atoms with van der Waals surface area (Å²) in [5.41, 5.74) is 1.51. The fourth-order valence-corrected chi connectivity index (χ4v) is 2.67. The third-order valence-corrected chi connectivity index (χ3v) is 3.81. The second-order valence-electron chi connectivity index (χ2n) is 5.22. The second kappa shape index (κ2) is 4.63. The van der Waals surface area contributed by atoms with Crippen molar-refractivity contribution in [3.63, 3.8) is 0 Å². The average Bonchev–Trinajstić information content (AvgIpc) is 3.17. The molecule has 1 aliphatic heterocycles. The molecule has 1 aliphatic rings. The van der Waals surface area contributed by atoms with Crippen LogP contribution in [0.3, 0.4) is 0 Å². The number of H-pyrrole nitrogens is 1. The van der Waals surface area contributed by atoms with Crippen LogP contribution in [0.25, 0.3) is 17.2 Å². The molecule has 0 aromatic carbocycles. The highest BCUT2D eigenvalue weighted by Gasteiger charge is 2.24. The van der Waals surface area contributed by atoms with E-state index in [2.05, 4.69) is 20.2 Å². The molecule has 7 heteroatoms. The van der Waals surface area contributed by atoms with Crippen LogP contribution in [0.15, 0.2) is 18.2 Å². The predicted molar refractivity (Wildman–Crippen MR) is 73.4 cm³/mol. The monoisotopic (exact) mass is 287 g/mol. The minimum absolute atomic E-state index is 0.172. The van der Waals surface area contributed by atoms with Gasteiger partial charge >= 0.3 is 0 Å². The molecule has 0 saturated carbocycles. The second-order valence-corrected chi connectivity index (χ2v) is 5.22. The van der Waals surface area contributed by atoms with Gasteiger partial charge in [-0.05, 0) is 25.5 Å². The van der Waals surface area contributed by atoms with Gasteiger partial charge in [0.15, 0.2) is 5.69 Å². The fourth-order valence-electron chi connectivity index (χ4n) is 2.67. The Kier molecular flexibility index (Phi) is 2.75. The lowest BCUT2D eigenvalue weighted by molar-refractivity contribution is 0.193. The van der Waals surface area contributed by atoms with Crippen molar-refractivity contribution in [2.45, 2.75) is 19.3 Å². The molecule has 3 aromatic heterocycles. The minimum atomic E-state index is -0.434. The number of fused-ring (bicyclic) bond motifs is 1. The number of hydrogen-bond donors (Lipinski definition) is 1. The number of rotatable bonds is 2. The van der Waals surface area contributed by atoms with E-state index in [4.69, 9.17) is 4.74 Å². The molecule has 0 amide bonds. The van der Waals surface area contributed by atoms with Crippen LogP contribution in [0.4, 0.5) is 4.39 Å². The van der Waals surface area contributed by atoms with Crippen LogP contribution in [-0.2, 0) is 4.74 Å². The summed E-state index contributed by atoms with van der Waals surface area (Å²) in [6.45, 7) is 3.19. The maximum Gasteiger partial charge on any atom is 0.229 e. The topological polar surface area (TPSA) is 68.1 Å². The molecule has 21 heavy (non-hydrogen) atoms. The summed E-state index contributed by atoms with van der Waals surface area (Å²) in [6.07, 6.45) is 0.904. The molecule has 0 radical (unpaired) electrons. The van der Waals surface area contributed by atoms with Crippen LogP contribution in [0, 0.1) is 12.9 Å². The molecule has 4 rings (SSSR count). The van der Waals surface area contributed by atoms with Crippen molar-refractivity contribution in [3.8, 4) is 11.5 Å². The smallest absolute Gasteiger partial charge is 0.229 e. The Labute approximate surface area is 120 Å². The molecule has 108 valence electrons. The van der Waals surface area contributed by atoms with E-state index in [9.17, 15) is 4.39 Å². The summed E-state index contributed by atoms with van der Waals surface area (Å²) in [4.78, 5) is 8.68. The Bertz CT molecular complexity index is 803. The Morgan fingerprint density at radius 1 is 1.38 bits per heavy atom. The summed E-state index contributed by atoms with van der Waals surface area (Å²) in [6, 6.07) is 5.44. The zero-order valence-corrected chi connectivity index (χ0v) is 11.5. The SMILES string of the molecule is Cc1cccc2nc(-c3n[nH]c(C4CCOC4)n3)c(F)n12. The summed E-state index contributed by atoms with van der Waals surface area (Å²) in [7, 11) is 0. The number of ether oxygens (including phenoxy) is 1. The van der Waals surface area contributed by atoms with E-state index >= 15 is 0 Å². The largest absolute Gasteiger partial charge is 0.381 e. The normalized spacial score (nSPS) is 18.7. The van der Waals surface area contributed by atoms with Crippen LogP contribution in [-0.4, -0.2) is 37.8 Å². The number of hydrogen-bond acceptors (Lipinski definition) is 4. The number of aromatic nitrogens is 5. The van der Waals surface area contributed by atoms with E-state index in [1.165, 1.54) is 4.40 Å². The van der Waals surface area contributed by atoms with Gasteiger partial charge in [0.05, 0.1) is 6.61 Å². The van der Waals surface area contributed by atoms with E-state index in [1.807, 2.05) is 19.1 Å². The first-order valence-electron chi connectivity index (χ1n) is 6.88. The third kappa shape index (κ3) is 1.92. The van der Waals surface area contributed by atoms with E-state index < -0.39 is 5.95 Å². The number of aromatic amines is 1. The molecule has 0 spiro atoms. The first-order chi connectivity index (χ1) is 10.2. The Balaban J connectivity index is 1.79. The number of aryl methyl sites for hydroxylation is 1. The highest BCUT2D eigenvalue weighted by molar-refractivity contribution is 5.57. The first-order valence-corrected chi connectivity index (χ1v) is 6.88. The van der Waals surface area contributed by atoms with Gasteiger partial charge < -0.3 is 4.74 Å². The van der Waals surface area contributed by atoms with Crippen molar-refractivity contribution in [1.29, 1.82) is 0 Å². The summed E-state index contributed by atoms with van der Waals surface area (Å²) in [5, 5.41) is 6.98. The Morgan fingerprint density at radius 2 is 2.29 bits per heavy atom. The molecule has 6 nitrogen and oxygen atoms in total. The van der Waals surface area contributed by atoms with E-state index in [1.54, 1.807) is 6.07 Å². The highest BCUT2D eigenvalue weighted by atomic mass is 19.1. The molecule has 3 aromatic rings. The molecule has 1 unspecified atom stereocenters. The molecule has 0 bridgehead atoms. The lowest BCUT2D eigenvalue weighted by atomic mass is 10.1. The maximum absolute atomic E-state index is 14.5. The number of pyridine rings is 1. The van der Waals surface area contributed by atoms with Crippen LogP contribution in [0.2, 0.25) is 0 Å². The molecule has 1 saturated heterocycles. The van der Waals surface area contributed by atoms with Gasteiger partial charge in [0, 0.05) is 18.2 Å². The molecule has 1 fully saturated rings. The quantitative estimate of drug-likeness (QED) is 0.783. The van der Waals surface area contributed by atoms with E-state index in [0.717, 1.165) is 24.5 Å². The molecule has 4 heterocycles. The predicted octanol–water partition coefficient (Wildman–Crippen LogP) is 2.07. The average molecular weight is 287 g/mol. The summed E-state index contributed by atoms with van der Waals surface area (Å²) in [5.74, 6) is 0.789. The number of imidazole rings is 1. The molecular weight excluding hydrogens is 273 g/mol. The zero-order valence-electron chi connectivity index (χ0n) is 11.5. The van der Waals surface area contributed by atoms with Crippen molar-refractivity contribution in [2.75, 3.05) is 13.2 Å². The van der Waals surface area contributed by atoms with Gasteiger partial charge in [-0.3, -0.25) is 9.50 Å². The van der Waals surface area contributed by atoms with Crippen LogP contribution in [0.1, 0.15) is 23.9 Å². The Morgan fingerprint density at radius 3 is 3.05 bits per heavy atom. The van der Waals surface area contributed by atoms with Crippen molar-refractivity contribution in [1.82, 2.24) is 24.6 Å². The van der Waals surface area contributed by atoms with Gasteiger partial charge in [-0.15, -0.1) is 0 Å². The zero-order chi connectivity index (χ0) is 14.4. The van der Waals surface area contributed by atoms with Gasteiger partial charge in [0.25, 0.3) is 0 Å². The lowest BCUT2D eigenvalue weighted by Gasteiger charge is -1.99. The van der Waals surface area contributed by atoms with Crippen LogP contribution >= 0.6 is 0 Å². The number of halogens is 1. The number of nitrogens with one attached hydrogen (secondary N) is 1. The first kappa shape index (κ1) is 12.5. The maximum atomic E-state index is 14.5. The van der Waals surface area contributed by atoms with Gasteiger partial charge in [0.2, 0.25) is 11.8 Å². The van der Waals surface area contributed by atoms with Gasteiger partial charge in [-0.25, -0.2) is 9.97 Å². The van der Waals surface area contributed by atoms with Crippen molar-refractivity contribution < 1.29 is 9.13 Å². The molecular formula is C14H14FN5O. The summed E-state index contributed by atoms with van der Waals surface area (Å²) < 4.78 is 21.3. The molecule has 1 N–H and O–H groups in total. The van der Waals surface area contributed by atoms with Crippen LogP contribution in [0.5, 0.6) is 0 Å². The van der Waals surface area contributed by atoms with Crippen molar-refractivity contribution in [3.05, 3.63) is 35.7 Å². The fraction of sp³-hybridized carbons (Fsp3) is 0.357. The van der Waals surface area contributed by atoms with E-state index in [0.29, 0.717) is 12.3 Å². The minimum Gasteiger partial charge on any atom is -0.381 e. The standard InChI is InChI=1S/C14H14FN5O/c1-8-3-2-4-10-16-11(12(15)20(8)10)14-17-13(18-19-14)9-5-6-21-7-9/h2-4,9H,5-7H2,1H3,(H,17,18,19). The number of nitrogens with zero attached hydrogens (tertiary/aromatic N) is 4. The van der Waals surface area contributed by atoms with Crippen molar-refractivity contribution in [2.24, 2.45) is 0 Å². The van der Waals surface area contributed by atoms with Gasteiger partial charge in [0.1, 0.15) is 11.5 Å². The molecule has 1 atom stereocenters. The highest BCUT2D eigenvalue weighted by Crippen LogP contribution is 2.25.